The van der Waals surface area contributed by atoms with Crippen LogP contribution >= 0.6 is 0 Å². The maximum absolute atomic E-state index is 5.88. The Kier molecular flexibility index (Phi) is 5.62. The van der Waals surface area contributed by atoms with Gasteiger partial charge < -0.3 is 14.0 Å². The number of rotatable bonds is 7. The summed E-state index contributed by atoms with van der Waals surface area (Å²) in [5.41, 5.74) is 2.23. The number of aromatic nitrogens is 2. The molecule has 0 aliphatic carbocycles. The van der Waals surface area contributed by atoms with E-state index in [4.69, 9.17) is 14.0 Å². The van der Waals surface area contributed by atoms with E-state index < -0.39 is 0 Å². The lowest BCUT2D eigenvalue weighted by molar-refractivity contribution is 0.108. The Morgan fingerprint density at radius 3 is 2.77 bits per heavy atom. The Hall–Kier alpha value is -1.76. The molecular formula is C20H27N3O3. The van der Waals surface area contributed by atoms with Crippen LogP contribution in [0.2, 0.25) is 0 Å². The predicted octanol–water partition coefficient (Wildman–Crippen LogP) is 2.47. The van der Waals surface area contributed by atoms with Crippen LogP contribution < -0.4 is 0 Å². The third-order valence-electron chi connectivity index (χ3n) is 5.43. The van der Waals surface area contributed by atoms with Gasteiger partial charge >= 0.3 is 0 Å². The molecule has 6 heteroatoms. The number of nitrogens with zero attached hydrogens (tertiary/aromatic N) is 3. The van der Waals surface area contributed by atoms with Crippen molar-refractivity contribution in [1.29, 1.82) is 0 Å². The van der Waals surface area contributed by atoms with Gasteiger partial charge in [0.05, 0.1) is 25.5 Å². The van der Waals surface area contributed by atoms with E-state index in [-0.39, 0.29) is 0 Å². The number of ether oxygens (including phenoxy) is 2. The smallest absolute Gasteiger partial charge is 0.137 e. The van der Waals surface area contributed by atoms with Crippen molar-refractivity contribution in [2.45, 2.75) is 32.4 Å². The molecule has 0 amide bonds. The molecule has 3 atom stereocenters. The molecule has 140 valence electrons. The summed E-state index contributed by atoms with van der Waals surface area (Å²) >= 11 is 0. The van der Waals surface area contributed by atoms with Crippen LogP contribution in [0.5, 0.6) is 0 Å². The first-order valence-corrected chi connectivity index (χ1v) is 9.48. The van der Waals surface area contributed by atoms with E-state index in [1.807, 2.05) is 25.4 Å². The molecule has 2 saturated heterocycles. The fourth-order valence-corrected chi connectivity index (χ4v) is 4.06. The molecule has 0 radical (unpaired) electrons. The second kappa shape index (κ2) is 8.29. The lowest BCUT2D eigenvalue weighted by Crippen LogP contribution is -2.43. The lowest BCUT2D eigenvalue weighted by atomic mass is 9.95. The van der Waals surface area contributed by atoms with Crippen LogP contribution in [-0.4, -0.2) is 54.1 Å². The number of hydrogen-bond donors (Lipinski definition) is 0. The Balaban J connectivity index is 1.48. The molecule has 2 aliphatic heterocycles. The Morgan fingerprint density at radius 1 is 1.15 bits per heavy atom. The maximum Gasteiger partial charge on any atom is 0.137 e. The number of pyridine rings is 1. The normalized spacial score (nSPS) is 26.0. The SMILES string of the molecule is Cc1cc(C[C@@H]2COC[C@H]2N(Cc2ccncc2)CC2CCOC2)on1. The predicted molar refractivity (Wildman–Crippen MR) is 96.6 cm³/mol. The molecule has 0 N–H and O–H groups in total. The molecule has 2 aromatic rings. The molecule has 2 fully saturated rings. The van der Waals surface area contributed by atoms with Gasteiger partial charge in [-0.05, 0) is 37.0 Å². The lowest BCUT2D eigenvalue weighted by Gasteiger charge is -2.33. The Morgan fingerprint density at radius 2 is 2.04 bits per heavy atom. The minimum absolute atomic E-state index is 0.383. The van der Waals surface area contributed by atoms with E-state index in [9.17, 15) is 0 Å². The van der Waals surface area contributed by atoms with Crippen LogP contribution in [0.4, 0.5) is 0 Å². The first kappa shape index (κ1) is 17.6. The van der Waals surface area contributed by atoms with Crippen LogP contribution in [0.25, 0.3) is 0 Å². The summed E-state index contributed by atoms with van der Waals surface area (Å²) < 4.78 is 16.9. The fraction of sp³-hybridized carbons (Fsp3) is 0.600. The van der Waals surface area contributed by atoms with Crippen LogP contribution in [0.15, 0.2) is 35.1 Å². The summed E-state index contributed by atoms with van der Waals surface area (Å²) in [7, 11) is 0. The highest BCUT2D eigenvalue weighted by Gasteiger charge is 2.35. The zero-order chi connectivity index (χ0) is 17.8. The minimum atomic E-state index is 0.383. The fourth-order valence-electron chi connectivity index (χ4n) is 4.06. The van der Waals surface area contributed by atoms with Gasteiger partial charge in [0.25, 0.3) is 0 Å². The molecular weight excluding hydrogens is 330 g/mol. The van der Waals surface area contributed by atoms with E-state index in [2.05, 4.69) is 27.2 Å². The van der Waals surface area contributed by atoms with Crippen LogP contribution in [0.3, 0.4) is 0 Å². The van der Waals surface area contributed by atoms with E-state index >= 15 is 0 Å². The van der Waals surface area contributed by atoms with Crippen molar-refractivity contribution in [2.75, 3.05) is 33.0 Å². The molecule has 4 heterocycles. The molecule has 0 aromatic carbocycles. The number of hydrogen-bond acceptors (Lipinski definition) is 6. The van der Waals surface area contributed by atoms with Gasteiger partial charge in [-0.2, -0.15) is 0 Å². The summed E-state index contributed by atoms with van der Waals surface area (Å²) in [5, 5.41) is 4.03. The van der Waals surface area contributed by atoms with E-state index in [0.29, 0.717) is 17.9 Å². The highest BCUT2D eigenvalue weighted by Crippen LogP contribution is 2.27. The quantitative estimate of drug-likeness (QED) is 0.759. The highest BCUT2D eigenvalue weighted by molar-refractivity contribution is 5.11. The zero-order valence-corrected chi connectivity index (χ0v) is 15.3. The summed E-state index contributed by atoms with van der Waals surface area (Å²) in [6.07, 6.45) is 5.75. The summed E-state index contributed by atoms with van der Waals surface area (Å²) in [6, 6.07) is 6.62. The van der Waals surface area contributed by atoms with Gasteiger partial charge in [-0.1, -0.05) is 5.16 Å². The van der Waals surface area contributed by atoms with Crippen molar-refractivity contribution >= 4 is 0 Å². The van der Waals surface area contributed by atoms with Crippen molar-refractivity contribution < 1.29 is 14.0 Å². The summed E-state index contributed by atoms with van der Waals surface area (Å²) in [5.74, 6) is 1.98. The molecule has 6 nitrogen and oxygen atoms in total. The summed E-state index contributed by atoms with van der Waals surface area (Å²) in [4.78, 5) is 6.72. The second-order valence-corrected chi connectivity index (χ2v) is 7.52. The largest absolute Gasteiger partial charge is 0.381 e. The monoisotopic (exact) mass is 357 g/mol. The van der Waals surface area contributed by atoms with Gasteiger partial charge in [-0.15, -0.1) is 0 Å². The molecule has 4 rings (SSSR count). The van der Waals surface area contributed by atoms with Gasteiger partial charge in [-0.3, -0.25) is 9.88 Å². The van der Waals surface area contributed by atoms with E-state index in [0.717, 1.165) is 63.8 Å². The van der Waals surface area contributed by atoms with Crippen molar-refractivity contribution in [1.82, 2.24) is 15.0 Å². The Labute approximate surface area is 154 Å². The van der Waals surface area contributed by atoms with Crippen LogP contribution in [0.1, 0.15) is 23.4 Å². The van der Waals surface area contributed by atoms with Crippen LogP contribution in [0, 0.1) is 18.8 Å². The third-order valence-corrected chi connectivity index (χ3v) is 5.43. The number of aryl methyl sites for hydroxylation is 1. The van der Waals surface area contributed by atoms with E-state index in [1.165, 1.54) is 5.56 Å². The third kappa shape index (κ3) is 4.31. The van der Waals surface area contributed by atoms with Gasteiger partial charge in [0.1, 0.15) is 5.76 Å². The molecule has 2 aromatic heterocycles. The van der Waals surface area contributed by atoms with Crippen molar-refractivity contribution in [3.8, 4) is 0 Å². The average molecular weight is 357 g/mol. The van der Waals surface area contributed by atoms with E-state index in [1.54, 1.807) is 0 Å². The molecule has 0 spiro atoms. The Bertz CT molecular complexity index is 685. The van der Waals surface area contributed by atoms with Gasteiger partial charge in [0.2, 0.25) is 0 Å². The van der Waals surface area contributed by atoms with Crippen LogP contribution in [-0.2, 0) is 22.4 Å². The van der Waals surface area contributed by atoms with Gasteiger partial charge in [-0.25, -0.2) is 0 Å². The first-order chi connectivity index (χ1) is 12.8. The molecule has 1 unspecified atom stereocenters. The van der Waals surface area contributed by atoms with Gasteiger partial charge in [0, 0.05) is 56.5 Å². The average Bonchev–Trinajstić information content (AvgIpc) is 3.39. The topological polar surface area (TPSA) is 60.6 Å². The minimum Gasteiger partial charge on any atom is -0.381 e. The van der Waals surface area contributed by atoms with Crippen molar-refractivity contribution in [3.05, 3.63) is 47.6 Å². The molecule has 26 heavy (non-hydrogen) atoms. The van der Waals surface area contributed by atoms with Crippen molar-refractivity contribution in [2.24, 2.45) is 11.8 Å². The van der Waals surface area contributed by atoms with Crippen molar-refractivity contribution in [3.63, 3.8) is 0 Å². The van der Waals surface area contributed by atoms with Gasteiger partial charge in [0.15, 0.2) is 0 Å². The first-order valence-electron chi connectivity index (χ1n) is 9.48. The standard InChI is InChI=1S/C20H27N3O3/c1-15-8-19(26-22-15)9-18-13-25-14-20(18)23(11-17-4-7-24-12-17)10-16-2-5-21-6-3-16/h2-3,5-6,8,17-18,20H,4,7,9-14H2,1H3/t17?,18-,20-/m1/s1. The highest BCUT2D eigenvalue weighted by atomic mass is 16.5. The second-order valence-electron chi connectivity index (χ2n) is 7.52. The summed E-state index contributed by atoms with van der Waals surface area (Å²) in [6.45, 7) is 7.23. The maximum atomic E-state index is 5.88. The molecule has 0 saturated carbocycles. The molecule has 2 aliphatic rings. The zero-order valence-electron chi connectivity index (χ0n) is 15.3. The molecule has 0 bridgehead atoms.